The van der Waals surface area contributed by atoms with E-state index in [4.69, 9.17) is 9.47 Å². The third kappa shape index (κ3) is 5.32. The fourth-order valence-electron chi connectivity index (χ4n) is 2.63. The second-order valence-corrected chi connectivity index (χ2v) is 11.3. The van der Waals surface area contributed by atoms with Crippen LogP contribution < -0.4 is 16.0 Å². The van der Waals surface area contributed by atoms with Crippen molar-refractivity contribution in [3.05, 3.63) is 27.0 Å². The number of H-pyrrole nitrogens is 1. The molecule has 0 aromatic carbocycles. The van der Waals surface area contributed by atoms with Crippen molar-refractivity contribution >= 4 is 19.2 Å². The van der Waals surface area contributed by atoms with Crippen molar-refractivity contribution in [1.29, 1.82) is 0 Å². The molecule has 1 aliphatic rings. The molecule has 4 atom stereocenters. The molecule has 27 heavy (non-hydrogen) atoms. The minimum absolute atomic E-state index is 0.321. The maximum absolute atomic E-state index is 12.1. The Morgan fingerprint density at radius 1 is 1.37 bits per heavy atom. The summed E-state index contributed by atoms with van der Waals surface area (Å²) in [4.78, 5) is 37.2. The SMILES string of the molecule is C=P(C)(C)CC[C@H]1OC(n2cc(OCC(=O)OC)c(=O)[nH]c2=O)[C@H](O)[C@@H]1O. The van der Waals surface area contributed by atoms with Crippen molar-refractivity contribution in [1.82, 2.24) is 9.55 Å². The molecule has 10 nitrogen and oxygen atoms in total. The Kier molecular flexibility index (Phi) is 6.69. The minimum Gasteiger partial charge on any atom is -0.475 e. The fraction of sp³-hybridized carbons (Fsp3) is 0.625. The lowest BCUT2D eigenvalue weighted by molar-refractivity contribution is -0.142. The highest BCUT2D eigenvalue weighted by atomic mass is 31.2. The van der Waals surface area contributed by atoms with Gasteiger partial charge in [-0.05, 0) is 25.9 Å². The van der Waals surface area contributed by atoms with E-state index in [1.807, 2.05) is 18.3 Å². The molecule has 0 radical (unpaired) electrons. The maximum Gasteiger partial charge on any atom is 0.343 e. The number of aromatic nitrogens is 2. The first kappa shape index (κ1) is 21.4. The second-order valence-electron chi connectivity index (χ2n) is 7.02. The van der Waals surface area contributed by atoms with Gasteiger partial charge in [-0.15, -0.1) is 13.2 Å². The Morgan fingerprint density at radius 2 is 2.04 bits per heavy atom. The summed E-state index contributed by atoms with van der Waals surface area (Å²) < 4.78 is 16.1. The van der Waals surface area contributed by atoms with Crippen LogP contribution in [0.15, 0.2) is 15.8 Å². The predicted molar refractivity (Wildman–Crippen MR) is 100 cm³/mol. The summed E-state index contributed by atoms with van der Waals surface area (Å²) >= 11 is 0. The van der Waals surface area contributed by atoms with Gasteiger partial charge in [0.2, 0.25) is 5.75 Å². The summed E-state index contributed by atoms with van der Waals surface area (Å²) in [5.41, 5.74) is -1.68. The van der Waals surface area contributed by atoms with Gasteiger partial charge in [-0.2, -0.15) is 0 Å². The van der Waals surface area contributed by atoms with E-state index in [0.717, 1.165) is 24.0 Å². The number of esters is 1. The van der Waals surface area contributed by atoms with Gasteiger partial charge in [0.15, 0.2) is 12.8 Å². The van der Waals surface area contributed by atoms with E-state index < -0.39 is 55.3 Å². The smallest absolute Gasteiger partial charge is 0.343 e. The number of aliphatic hydroxyl groups is 2. The lowest BCUT2D eigenvalue weighted by atomic mass is 10.1. The van der Waals surface area contributed by atoms with Crippen LogP contribution in [0.1, 0.15) is 12.6 Å². The molecule has 11 heteroatoms. The normalized spacial score (nSPS) is 25.4. The van der Waals surface area contributed by atoms with Crippen molar-refractivity contribution in [2.75, 3.05) is 33.2 Å². The number of carbonyl (C=O) groups excluding carboxylic acids is 1. The van der Waals surface area contributed by atoms with Crippen LogP contribution in [-0.2, 0) is 14.3 Å². The number of aromatic amines is 1. The summed E-state index contributed by atoms with van der Waals surface area (Å²) in [7, 11) is 1.16. The summed E-state index contributed by atoms with van der Waals surface area (Å²) in [6.45, 7) is 2.20. The summed E-state index contributed by atoms with van der Waals surface area (Å²) in [5.74, 6) is -1.03. The highest BCUT2D eigenvalue weighted by Crippen LogP contribution is 2.39. The third-order valence-electron chi connectivity index (χ3n) is 4.14. The van der Waals surface area contributed by atoms with Crippen LogP contribution in [0.4, 0.5) is 0 Å². The van der Waals surface area contributed by atoms with Crippen molar-refractivity contribution in [2.24, 2.45) is 0 Å². The molecule has 0 spiro atoms. The lowest BCUT2D eigenvalue weighted by Gasteiger charge is -2.19. The molecule has 1 aliphatic heterocycles. The highest BCUT2D eigenvalue weighted by molar-refractivity contribution is 7.72. The largest absolute Gasteiger partial charge is 0.475 e. The van der Waals surface area contributed by atoms with Gasteiger partial charge in [0.05, 0.1) is 19.4 Å². The number of nitrogens with zero attached hydrogens (tertiary/aromatic N) is 1. The Morgan fingerprint density at radius 3 is 2.63 bits per heavy atom. The van der Waals surface area contributed by atoms with E-state index in [-0.39, 0.29) is 5.75 Å². The van der Waals surface area contributed by atoms with Crippen LogP contribution in [-0.4, -0.2) is 83.6 Å². The van der Waals surface area contributed by atoms with E-state index in [2.05, 4.69) is 11.0 Å². The molecule has 1 unspecified atom stereocenters. The number of methoxy groups -OCH3 is 1. The van der Waals surface area contributed by atoms with Gasteiger partial charge >= 0.3 is 11.7 Å². The molecule has 2 heterocycles. The van der Waals surface area contributed by atoms with E-state index in [9.17, 15) is 24.6 Å². The Balaban J connectivity index is 2.23. The molecule has 0 amide bonds. The van der Waals surface area contributed by atoms with E-state index in [0.29, 0.717) is 6.42 Å². The van der Waals surface area contributed by atoms with Crippen LogP contribution in [0.2, 0.25) is 0 Å². The number of hydrogen-bond donors (Lipinski definition) is 3. The average Bonchev–Trinajstić information content (AvgIpc) is 2.86. The van der Waals surface area contributed by atoms with E-state index in [1.165, 1.54) is 0 Å². The Hall–Kier alpha value is -1.87. The van der Waals surface area contributed by atoms with Crippen molar-refractivity contribution < 1.29 is 29.2 Å². The van der Waals surface area contributed by atoms with Gasteiger partial charge in [0.25, 0.3) is 5.56 Å². The Bertz CT molecular complexity index is 842. The van der Waals surface area contributed by atoms with Crippen molar-refractivity contribution in [2.45, 2.75) is 31.0 Å². The van der Waals surface area contributed by atoms with Crippen molar-refractivity contribution in [3.63, 3.8) is 0 Å². The van der Waals surface area contributed by atoms with Gasteiger partial charge in [0, 0.05) is 0 Å². The zero-order valence-corrected chi connectivity index (χ0v) is 16.3. The summed E-state index contributed by atoms with van der Waals surface area (Å²) in [5, 5.41) is 20.5. The molecular weight excluding hydrogens is 379 g/mol. The molecule has 152 valence electrons. The molecule has 0 aliphatic carbocycles. The van der Waals surface area contributed by atoms with Gasteiger partial charge in [0.1, 0.15) is 12.2 Å². The molecule has 0 bridgehead atoms. The molecule has 0 saturated carbocycles. The summed E-state index contributed by atoms with van der Waals surface area (Å²) in [6, 6.07) is 0. The van der Waals surface area contributed by atoms with E-state index in [1.54, 1.807) is 0 Å². The molecular formula is C16H25N2O8P. The predicted octanol–water partition coefficient (Wildman–Crippen LogP) is -1.19. The van der Waals surface area contributed by atoms with Crippen LogP contribution in [0.25, 0.3) is 0 Å². The number of carbonyl (C=O) groups is 1. The third-order valence-corrected chi connectivity index (χ3v) is 5.61. The monoisotopic (exact) mass is 404 g/mol. The number of nitrogens with one attached hydrogen (secondary N) is 1. The molecule has 2 rings (SSSR count). The summed E-state index contributed by atoms with van der Waals surface area (Å²) in [6.07, 6.45) is 1.88. The zero-order chi connectivity index (χ0) is 20.4. The number of aliphatic hydroxyl groups excluding tert-OH is 2. The molecule has 1 saturated heterocycles. The van der Waals surface area contributed by atoms with Gasteiger partial charge < -0.3 is 24.4 Å². The zero-order valence-electron chi connectivity index (χ0n) is 15.5. The minimum atomic E-state index is -1.38. The van der Waals surface area contributed by atoms with Crippen molar-refractivity contribution in [3.8, 4) is 5.75 Å². The number of hydrogen-bond acceptors (Lipinski definition) is 8. The average molecular weight is 404 g/mol. The number of ether oxygens (including phenoxy) is 3. The number of rotatable bonds is 7. The second kappa shape index (κ2) is 8.43. The Labute approximate surface area is 155 Å². The van der Waals surface area contributed by atoms with Crippen LogP contribution in [0.3, 0.4) is 0 Å². The van der Waals surface area contributed by atoms with Crippen LogP contribution >= 0.6 is 6.89 Å². The standard InChI is InChI=1S/C16H25N2O8P/c1-24-11(19)8-25-10-7-18(16(23)17-14(10)22)15-13(21)12(20)9(26-15)5-6-27(2,3)4/h7,9,12-13,15,20-21H,2,5-6,8H2,1,3-4H3,(H,17,22,23)/t9-,12-,13-,15?/m1/s1. The van der Waals surface area contributed by atoms with Gasteiger partial charge in [-0.3, -0.25) is 14.3 Å². The first-order valence-electron chi connectivity index (χ1n) is 8.27. The highest BCUT2D eigenvalue weighted by Gasteiger charge is 2.44. The first-order chi connectivity index (χ1) is 12.5. The first-order valence-corrected chi connectivity index (χ1v) is 11.3. The van der Waals surface area contributed by atoms with Crippen LogP contribution in [0, 0.1) is 0 Å². The van der Waals surface area contributed by atoms with Gasteiger partial charge in [-0.1, -0.05) is 0 Å². The quantitative estimate of drug-likeness (QED) is 0.381. The van der Waals surface area contributed by atoms with E-state index >= 15 is 0 Å². The lowest BCUT2D eigenvalue weighted by Crippen LogP contribution is -2.38. The topological polar surface area (TPSA) is 140 Å². The maximum atomic E-state index is 12.1. The molecule has 3 N–H and O–H groups in total. The molecule has 1 aromatic heterocycles. The fourth-order valence-corrected chi connectivity index (χ4v) is 3.58. The molecule has 1 fully saturated rings. The van der Waals surface area contributed by atoms with Gasteiger partial charge in [-0.25, -0.2) is 9.59 Å². The van der Waals surface area contributed by atoms with Crippen LogP contribution in [0.5, 0.6) is 5.75 Å². The molecule has 1 aromatic rings.